The highest BCUT2D eigenvalue weighted by Crippen LogP contribution is 2.28. The number of hydrogen-bond acceptors (Lipinski definition) is 4. The number of aryl methyl sites for hydroxylation is 1. The normalized spacial score (nSPS) is 32.4. The molecule has 0 bridgehead atoms. The average Bonchev–Trinajstić information content (AvgIpc) is 2.64. The van der Waals surface area contributed by atoms with Crippen LogP contribution in [0.5, 0.6) is 0 Å². The first-order chi connectivity index (χ1) is 6.62. The molecule has 2 rings (SSSR count). The van der Waals surface area contributed by atoms with Gasteiger partial charge in [0.15, 0.2) is 0 Å². The fourth-order valence-electron chi connectivity index (χ4n) is 1.76. The monoisotopic (exact) mass is 197 g/mol. The molecule has 1 saturated heterocycles. The van der Waals surface area contributed by atoms with E-state index in [2.05, 4.69) is 10.1 Å². The van der Waals surface area contributed by atoms with Crippen molar-refractivity contribution < 1.29 is 9.84 Å². The largest absolute Gasteiger partial charge is 0.387 e. The van der Waals surface area contributed by atoms with Gasteiger partial charge in [-0.3, -0.25) is 4.68 Å². The Balaban J connectivity index is 2.14. The van der Waals surface area contributed by atoms with Gasteiger partial charge in [-0.05, 0) is 6.92 Å². The standard InChI is InChI=1S/C9H15N3O2/c1-7-9(13,3-4-14-7)5-8-10-6-11-12(8)2/h6-7,13H,3-5H2,1-2H3. The Kier molecular flexibility index (Phi) is 2.28. The Morgan fingerprint density at radius 2 is 2.57 bits per heavy atom. The number of hydrogen-bond donors (Lipinski definition) is 1. The highest BCUT2D eigenvalue weighted by Gasteiger charge is 2.40. The molecule has 0 radical (unpaired) electrons. The summed E-state index contributed by atoms with van der Waals surface area (Å²) < 4.78 is 7.03. The molecule has 2 unspecified atom stereocenters. The molecule has 1 N–H and O–H groups in total. The summed E-state index contributed by atoms with van der Waals surface area (Å²) in [5.74, 6) is 0.796. The van der Waals surface area contributed by atoms with Crippen LogP contribution in [0.4, 0.5) is 0 Å². The van der Waals surface area contributed by atoms with Crippen LogP contribution in [0.2, 0.25) is 0 Å². The van der Waals surface area contributed by atoms with Crippen LogP contribution in [-0.2, 0) is 18.2 Å². The minimum absolute atomic E-state index is 0.126. The van der Waals surface area contributed by atoms with Gasteiger partial charge in [-0.2, -0.15) is 5.10 Å². The molecule has 1 aromatic heterocycles. The Morgan fingerprint density at radius 3 is 3.07 bits per heavy atom. The van der Waals surface area contributed by atoms with Crippen molar-refractivity contribution in [2.24, 2.45) is 7.05 Å². The Morgan fingerprint density at radius 1 is 1.79 bits per heavy atom. The lowest BCUT2D eigenvalue weighted by Crippen LogP contribution is -2.39. The van der Waals surface area contributed by atoms with Gasteiger partial charge < -0.3 is 9.84 Å². The van der Waals surface area contributed by atoms with Crippen molar-refractivity contribution in [1.82, 2.24) is 14.8 Å². The number of rotatable bonds is 2. The van der Waals surface area contributed by atoms with Crippen molar-refractivity contribution in [3.63, 3.8) is 0 Å². The van der Waals surface area contributed by atoms with E-state index in [1.165, 1.54) is 6.33 Å². The second-order valence-corrected chi connectivity index (χ2v) is 3.84. The number of ether oxygens (including phenoxy) is 1. The summed E-state index contributed by atoms with van der Waals surface area (Å²) in [6.45, 7) is 2.51. The summed E-state index contributed by atoms with van der Waals surface area (Å²) in [6.07, 6.45) is 2.55. The first kappa shape index (κ1) is 9.61. The van der Waals surface area contributed by atoms with Crippen LogP contribution >= 0.6 is 0 Å². The topological polar surface area (TPSA) is 60.2 Å². The number of aromatic nitrogens is 3. The summed E-state index contributed by atoms with van der Waals surface area (Å²) in [5.41, 5.74) is -0.777. The van der Waals surface area contributed by atoms with E-state index in [-0.39, 0.29) is 6.10 Å². The Hall–Kier alpha value is -0.940. The van der Waals surface area contributed by atoms with Gasteiger partial charge in [-0.1, -0.05) is 0 Å². The van der Waals surface area contributed by atoms with Gasteiger partial charge in [0.05, 0.1) is 11.7 Å². The van der Waals surface area contributed by atoms with E-state index in [1.807, 2.05) is 14.0 Å². The van der Waals surface area contributed by atoms with Gasteiger partial charge >= 0.3 is 0 Å². The lowest BCUT2D eigenvalue weighted by atomic mass is 9.92. The Bertz CT molecular complexity index is 326. The third-order valence-electron chi connectivity index (χ3n) is 2.93. The molecule has 2 atom stereocenters. The van der Waals surface area contributed by atoms with E-state index >= 15 is 0 Å². The van der Waals surface area contributed by atoms with Crippen LogP contribution in [0.25, 0.3) is 0 Å². The molecule has 0 aliphatic carbocycles. The number of aliphatic hydroxyl groups is 1. The van der Waals surface area contributed by atoms with Gasteiger partial charge in [0.2, 0.25) is 0 Å². The van der Waals surface area contributed by atoms with Crippen molar-refractivity contribution in [2.75, 3.05) is 6.61 Å². The molecular formula is C9H15N3O2. The molecule has 5 heteroatoms. The highest BCUT2D eigenvalue weighted by atomic mass is 16.5. The fraction of sp³-hybridized carbons (Fsp3) is 0.778. The predicted octanol–water partition coefficient (Wildman–Crippen LogP) is -0.103. The zero-order valence-corrected chi connectivity index (χ0v) is 8.47. The lowest BCUT2D eigenvalue weighted by Gasteiger charge is -2.25. The molecule has 0 aromatic carbocycles. The van der Waals surface area contributed by atoms with Gasteiger partial charge in [0, 0.05) is 26.5 Å². The summed E-state index contributed by atoms with van der Waals surface area (Å²) >= 11 is 0. The summed E-state index contributed by atoms with van der Waals surface area (Å²) in [4.78, 5) is 4.10. The molecule has 1 aliphatic heterocycles. The summed E-state index contributed by atoms with van der Waals surface area (Å²) in [7, 11) is 1.83. The van der Waals surface area contributed by atoms with E-state index in [0.717, 1.165) is 5.82 Å². The van der Waals surface area contributed by atoms with Crippen molar-refractivity contribution >= 4 is 0 Å². The van der Waals surface area contributed by atoms with Gasteiger partial charge in [-0.15, -0.1) is 0 Å². The molecule has 1 aliphatic rings. The van der Waals surface area contributed by atoms with E-state index < -0.39 is 5.60 Å². The lowest BCUT2D eigenvalue weighted by molar-refractivity contribution is -0.0286. The van der Waals surface area contributed by atoms with E-state index in [0.29, 0.717) is 19.4 Å². The fourth-order valence-corrected chi connectivity index (χ4v) is 1.76. The summed E-state index contributed by atoms with van der Waals surface area (Å²) in [5, 5.41) is 14.2. The SMILES string of the molecule is CC1OCCC1(O)Cc1ncnn1C. The molecule has 5 nitrogen and oxygen atoms in total. The second-order valence-electron chi connectivity index (χ2n) is 3.84. The van der Waals surface area contributed by atoms with Crippen LogP contribution in [-0.4, -0.2) is 38.2 Å². The average molecular weight is 197 g/mol. The van der Waals surface area contributed by atoms with Crippen LogP contribution < -0.4 is 0 Å². The molecule has 2 heterocycles. The quantitative estimate of drug-likeness (QED) is 0.719. The third-order valence-corrected chi connectivity index (χ3v) is 2.93. The van der Waals surface area contributed by atoms with Crippen molar-refractivity contribution in [1.29, 1.82) is 0 Å². The molecule has 1 aromatic rings. The van der Waals surface area contributed by atoms with Crippen molar-refractivity contribution in [3.05, 3.63) is 12.2 Å². The van der Waals surface area contributed by atoms with Gasteiger partial charge in [0.1, 0.15) is 12.2 Å². The maximum absolute atomic E-state index is 10.2. The molecule has 14 heavy (non-hydrogen) atoms. The molecule has 0 amide bonds. The van der Waals surface area contributed by atoms with E-state index in [1.54, 1.807) is 4.68 Å². The first-order valence-corrected chi connectivity index (χ1v) is 4.79. The number of nitrogens with zero attached hydrogens (tertiary/aromatic N) is 3. The molecule has 0 saturated carbocycles. The van der Waals surface area contributed by atoms with E-state index in [9.17, 15) is 5.11 Å². The van der Waals surface area contributed by atoms with Crippen LogP contribution in [0.1, 0.15) is 19.2 Å². The first-order valence-electron chi connectivity index (χ1n) is 4.79. The highest BCUT2D eigenvalue weighted by molar-refractivity contribution is 4.99. The smallest absolute Gasteiger partial charge is 0.138 e. The zero-order valence-electron chi connectivity index (χ0n) is 8.47. The molecule has 78 valence electrons. The summed E-state index contributed by atoms with van der Waals surface area (Å²) in [6, 6.07) is 0. The molecular weight excluding hydrogens is 182 g/mol. The maximum Gasteiger partial charge on any atom is 0.138 e. The maximum atomic E-state index is 10.2. The van der Waals surface area contributed by atoms with Crippen LogP contribution in [0, 0.1) is 0 Å². The van der Waals surface area contributed by atoms with Crippen molar-refractivity contribution in [3.8, 4) is 0 Å². The van der Waals surface area contributed by atoms with Crippen LogP contribution in [0.3, 0.4) is 0 Å². The predicted molar refractivity (Wildman–Crippen MR) is 49.7 cm³/mol. The minimum Gasteiger partial charge on any atom is -0.387 e. The van der Waals surface area contributed by atoms with Gasteiger partial charge in [0.25, 0.3) is 0 Å². The second kappa shape index (κ2) is 3.33. The van der Waals surface area contributed by atoms with E-state index in [4.69, 9.17) is 4.74 Å². The Labute approximate surface area is 82.7 Å². The molecule has 1 fully saturated rings. The van der Waals surface area contributed by atoms with Crippen molar-refractivity contribution in [2.45, 2.75) is 31.5 Å². The van der Waals surface area contributed by atoms with Crippen LogP contribution in [0.15, 0.2) is 6.33 Å². The van der Waals surface area contributed by atoms with Gasteiger partial charge in [-0.25, -0.2) is 4.98 Å². The zero-order chi connectivity index (χ0) is 10.2. The third kappa shape index (κ3) is 1.53. The molecule has 0 spiro atoms. The minimum atomic E-state index is -0.777.